The molecule has 0 aliphatic heterocycles. The maximum Gasteiger partial charge on any atom is 0.146 e. The monoisotopic (exact) mass is 529 g/mol. The van der Waals surface area contributed by atoms with Crippen molar-refractivity contribution in [2.75, 3.05) is 11.9 Å². The van der Waals surface area contributed by atoms with E-state index in [0.29, 0.717) is 18.1 Å². The number of pyridine rings is 1. The fraction of sp³-hybridized carbons (Fsp3) is 0.138. The van der Waals surface area contributed by atoms with Crippen LogP contribution in [0.25, 0.3) is 11.1 Å². The number of benzene rings is 3. The van der Waals surface area contributed by atoms with Gasteiger partial charge in [-0.3, -0.25) is 0 Å². The SMILES string of the molecule is Oc1ccccc1CNc1ccc(-c2ccc(OCC(O)(Cn3cncn3)c3ccc(F)cc3F)cc2)cn1. The van der Waals surface area contributed by atoms with Crippen molar-refractivity contribution in [2.45, 2.75) is 18.7 Å². The highest BCUT2D eigenvalue weighted by Gasteiger charge is 2.34. The van der Waals surface area contributed by atoms with E-state index in [1.807, 2.05) is 36.4 Å². The van der Waals surface area contributed by atoms with Crippen LogP contribution in [0.15, 0.2) is 97.7 Å². The van der Waals surface area contributed by atoms with Crippen LogP contribution in [-0.4, -0.2) is 36.6 Å². The Labute approximate surface area is 223 Å². The standard InChI is InChI=1S/C29H25F2N5O3/c30-23-8-11-25(26(31)13-23)29(38,16-36-19-32-18-35-36)17-39-24-9-5-20(6-10-24)21-7-12-28(33-14-21)34-15-22-3-1-2-4-27(22)37/h1-14,18-19,37-38H,15-17H2,(H,33,34). The van der Waals surface area contributed by atoms with E-state index >= 15 is 0 Å². The lowest BCUT2D eigenvalue weighted by Gasteiger charge is -2.29. The number of para-hydroxylation sites is 1. The molecule has 8 nitrogen and oxygen atoms in total. The first-order valence-corrected chi connectivity index (χ1v) is 12.1. The molecule has 39 heavy (non-hydrogen) atoms. The fourth-order valence-electron chi connectivity index (χ4n) is 4.12. The number of ether oxygens (including phenoxy) is 1. The van der Waals surface area contributed by atoms with Crippen LogP contribution in [0.3, 0.4) is 0 Å². The normalized spacial score (nSPS) is 12.6. The molecule has 198 valence electrons. The highest BCUT2D eigenvalue weighted by Crippen LogP contribution is 2.29. The molecule has 0 bridgehead atoms. The Bertz CT molecular complexity index is 1530. The molecule has 1 atom stereocenters. The summed E-state index contributed by atoms with van der Waals surface area (Å²) in [5.41, 5.74) is 0.593. The number of phenolic OH excluding ortho intramolecular Hbond substituents is 1. The van der Waals surface area contributed by atoms with Gasteiger partial charge in [0, 0.05) is 35.5 Å². The molecular weight excluding hydrogens is 504 g/mol. The maximum absolute atomic E-state index is 14.6. The summed E-state index contributed by atoms with van der Waals surface area (Å²) in [6.45, 7) is -0.0205. The summed E-state index contributed by atoms with van der Waals surface area (Å²) in [5.74, 6) is -0.287. The van der Waals surface area contributed by atoms with Crippen molar-refractivity contribution in [1.29, 1.82) is 0 Å². The number of halogens is 2. The smallest absolute Gasteiger partial charge is 0.146 e. The second-order valence-corrected chi connectivity index (χ2v) is 8.98. The predicted molar refractivity (Wildman–Crippen MR) is 141 cm³/mol. The molecule has 0 aliphatic carbocycles. The first kappa shape index (κ1) is 25.8. The minimum atomic E-state index is -1.84. The molecule has 0 saturated carbocycles. The maximum atomic E-state index is 14.6. The van der Waals surface area contributed by atoms with Gasteiger partial charge in [0.05, 0.1) is 6.54 Å². The molecule has 5 rings (SSSR count). The highest BCUT2D eigenvalue weighted by atomic mass is 19.1. The molecular formula is C29H25F2N5O3. The van der Waals surface area contributed by atoms with Gasteiger partial charge in [-0.25, -0.2) is 23.4 Å². The van der Waals surface area contributed by atoms with Crippen molar-refractivity contribution < 1.29 is 23.7 Å². The van der Waals surface area contributed by atoms with Crippen LogP contribution in [0.1, 0.15) is 11.1 Å². The van der Waals surface area contributed by atoms with Gasteiger partial charge >= 0.3 is 0 Å². The Morgan fingerprint density at radius 1 is 0.949 bits per heavy atom. The minimum Gasteiger partial charge on any atom is -0.508 e. The van der Waals surface area contributed by atoms with Crippen molar-refractivity contribution in [3.05, 3.63) is 120 Å². The van der Waals surface area contributed by atoms with Gasteiger partial charge in [-0.2, -0.15) is 5.10 Å². The van der Waals surface area contributed by atoms with Crippen LogP contribution in [0.4, 0.5) is 14.6 Å². The Balaban J connectivity index is 1.25. The van der Waals surface area contributed by atoms with Gasteiger partial charge in [0.1, 0.15) is 53.8 Å². The van der Waals surface area contributed by atoms with E-state index in [4.69, 9.17) is 4.74 Å². The lowest BCUT2D eigenvalue weighted by Crippen LogP contribution is -2.39. The van der Waals surface area contributed by atoms with Gasteiger partial charge < -0.3 is 20.3 Å². The van der Waals surface area contributed by atoms with Crippen LogP contribution in [0.5, 0.6) is 11.5 Å². The van der Waals surface area contributed by atoms with Gasteiger partial charge in [-0.15, -0.1) is 0 Å². The Morgan fingerprint density at radius 2 is 1.74 bits per heavy atom. The summed E-state index contributed by atoms with van der Waals surface area (Å²) < 4.78 is 35.3. The number of aliphatic hydroxyl groups is 1. The van der Waals surface area contributed by atoms with Crippen LogP contribution in [0, 0.1) is 11.6 Å². The van der Waals surface area contributed by atoms with E-state index in [1.54, 1.807) is 30.5 Å². The Kier molecular flexibility index (Phi) is 7.46. The molecule has 0 spiro atoms. The molecule has 0 saturated heterocycles. The van der Waals surface area contributed by atoms with Crippen LogP contribution < -0.4 is 10.1 Å². The van der Waals surface area contributed by atoms with Gasteiger partial charge in [-0.05, 0) is 42.0 Å². The molecule has 3 aromatic carbocycles. The summed E-state index contributed by atoms with van der Waals surface area (Å²) in [5, 5.41) is 28.4. The number of anilines is 1. The van der Waals surface area contributed by atoms with Crippen molar-refractivity contribution in [3.8, 4) is 22.6 Å². The average Bonchev–Trinajstić information content (AvgIpc) is 3.45. The number of aromatic hydroxyl groups is 1. The number of nitrogens with one attached hydrogen (secondary N) is 1. The van der Waals surface area contributed by atoms with Crippen molar-refractivity contribution >= 4 is 5.82 Å². The zero-order valence-electron chi connectivity index (χ0n) is 20.7. The lowest BCUT2D eigenvalue weighted by molar-refractivity contribution is -0.0297. The van der Waals surface area contributed by atoms with Gasteiger partial charge in [0.15, 0.2) is 0 Å². The lowest BCUT2D eigenvalue weighted by atomic mass is 9.94. The summed E-state index contributed by atoms with van der Waals surface area (Å²) in [6, 6.07) is 21.0. The molecule has 0 radical (unpaired) electrons. The topological polar surface area (TPSA) is 105 Å². The second kappa shape index (κ2) is 11.3. The first-order valence-electron chi connectivity index (χ1n) is 12.1. The number of aromatic nitrogens is 4. The number of hydrogen-bond acceptors (Lipinski definition) is 7. The van der Waals surface area contributed by atoms with E-state index in [1.165, 1.54) is 23.4 Å². The van der Waals surface area contributed by atoms with E-state index < -0.39 is 17.2 Å². The molecule has 3 N–H and O–H groups in total. The van der Waals surface area contributed by atoms with E-state index in [9.17, 15) is 19.0 Å². The third kappa shape index (κ3) is 6.19. The van der Waals surface area contributed by atoms with Crippen molar-refractivity contribution in [3.63, 3.8) is 0 Å². The highest BCUT2D eigenvalue weighted by molar-refractivity contribution is 5.64. The molecule has 5 aromatic rings. The number of phenols is 1. The van der Waals surface area contributed by atoms with Gasteiger partial charge in [0.2, 0.25) is 0 Å². The largest absolute Gasteiger partial charge is 0.508 e. The van der Waals surface area contributed by atoms with Crippen LogP contribution in [-0.2, 0) is 18.7 Å². The zero-order chi connectivity index (χ0) is 27.2. The summed E-state index contributed by atoms with van der Waals surface area (Å²) >= 11 is 0. The molecule has 0 amide bonds. The Morgan fingerprint density at radius 3 is 2.44 bits per heavy atom. The second-order valence-electron chi connectivity index (χ2n) is 8.98. The van der Waals surface area contributed by atoms with Crippen molar-refractivity contribution in [2.24, 2.45) is 0 Å². The average molecular weight is 530 g/mol. The van der Waals surface area contributed by atoms with Gasteiger partial charge in [0.25, 0.3) is 0 Å². The van der Waals surface area contributed by atoms with E-state index in [2.05, 4.69) is 20.4 Å². The molecule has 0 fully saturated rings. The van der Waals surface area contributed by atoms with Crippen LogP contribution >= 0.6 is 0 Å². The molecule has 2 heterocycles. The van der Waals surface area contributed by atoms with E-state index in [0.717, 1.165) is 28.8 Å². The number of nitrogens with zero attached hydrogens (tertiary/aromatic N) is 4. The van der Waals surface area contributed by atoms with Gasteiger partial charge in [-0.1, -0.05) is 36.4 Å². The summed E-state index contributed by atoms with van der Waals surface area (Å²) in [4.78, 5) is 8.30. The molecule has 10 heteroatoms. The quantitative estimate of drug-likeness (QED) is 0.236. The number of hydrogen-bond donors (Lipinski definition) is 3. The number of rotatable bonds is 10. The third-order valence-electron chi connectivity index (χ3n) is 6.20. The zero-order valence-corrected chi connectivity index (χ0v) is 20.7. The minimum absolute atomic E-state index is 0.113. The van der Waals surface area contributed by atoms with E-state index in [-0.39, 0.29) is 24.5 Å². The molecule has 1 unspecified atom stereocenters. The fourth-order valence-corrected chi connectivity index (χ4v) is 4.12. The first-order chi connectivity index (χ1) is 18.9. The Hall–Kier alpha value is -4.83. The third-order valence-corrected chi connectivity index (χ3v) is 6.20. The molecule has 2 aromatic heterocycles. The molecule has 0 aliphatic rings. The summed E-state index contributed by atoms with van der Waals surface area (Å²) in [7, 11) is 0. The van der Waals surface area contributed by atoms with Crippen LogP contribution in [0.2, 0.25) is 0 Å². The predicted octanol–water partition coefficient (Wildman–Crippen LogP) is 4.90. The van der Waals surface area contributed by atoms with Crippen molar-refractivity contribution in [1.82, 2.24) is 19.7 Å². The summed E-state index contributed by atoms with van der Waals surface area (Å²) in [6.07, 6.45) is 4.42.